The molecule has 0 radical (unpaired) electrons. The van der Waals surface area contributed by atoms with Crippen molar-refractivity contribution < 1.29 is 14.7 Å². The fourth-order valence-corrected chi connectivity index (χ4v) is 1.32. The molecule has 0 aromatic carbocycles. The molecular weight excluding hydrogens is 210 g/mol. The molecule has 6 heteroatoms. The molecule has 3 N–H and O–H groups in total. The first kappa shape index (κ1) is 10.2. The number of nitrogens with zero attached hydrogens (tertiary/aromatic N) is 1. The topological polar surface area (TPSA) is 95.1 Å². The average molecular weight is 219 g/mol. The first-order valence-electron chi connectivity index (χ1n) is 4.60. The summed E-state index contributed by atoms with van der Waals surface area (Å²) in [5.74, 6) is -1.53. The predicted octanol–water partition coefficient (Wildman–Crippen LogP) is 0.329. The van der Waals surface area contributed by atoms with Gasteiger partial charge >= 0.3 is 5.97 Å². The molecule has 0 aromatic heterocycles. The molecule has 2 aliphatic heterocycles. The van der Waals surface area contributed by atoms with Crippen LogP contribution >= 0.6 is 0 Å². The molecule has 2 heterocycles. The number of amides is 1. The van der Waals surface area contributed by atoms with Crippen LogP contribution in [0.4, 0.5) is 0 Å². The fourth-order valence-electron chi connectivity index (χ4n) is 1.32. The Labute approximate surface area is 90.7 Å². The summed E-state index contributed by atoms with van der Waals surface area (Å²) in [6.45, 7) is -0.399. The second-order valence-electron chi connectivity index (χ2n) is 3.19. The van der Waals surface area contributed by atoms with E-state index in [1.807, 2.05) is 0 Å². The third kappa shape index (κ3) is 2.00. The molecular formula is C10H9N3O3. The van der Waals surface area contributed by atoms with Crippen LogP contribution in [0.5, 0.6) is 0 Å². The van der Waals surface area contributed by atoms with E-state index < -0.39 is 18.4 Å². The summed E-state index contributed by atoms with van der Waals surface area (Å²) in [6.07, 6.45) is 1.63. The second-order valence-corrected chi connectivity index (χ2v) is 3.19. The molecule has 0 atom stereocenters. The number of pyridine rings is 1. The van der Waals surface area contributed by atoms with Gasteiger partial charge in [0.25, 0.3) is 5.91 Å². The van der Waals surface area contributed by atoms with Gasteiger partial charge in [-0.1, -0.05) is 0 Å². The number of carbonyl (C=O) groups is 2. The molecule has 16 heavy (non-hydrogen) atoms. The number of carboxylic acid groups (broad SMARTS) is 1. The number of aromatic nitrogens is 2. The molecule has 0 aliphatic carbocycles. The van der Waals surface area contributed by atoms with Crippen LogP contribution in [0.2, 0.25) is 0 Å². The van der Waals surface area contributed by atoms with Crippen molar-refractivity contribution in [3.8, 4) is 11.4 Å². The highest BCUT2D eigenvalue weighted by Crippen LogP contribution is 2.16. The maximum Gasteiger partial charge on any atom is 0.322 e. The van der Waals surface area contributed by atoms with E-state index >= 15 is 0 Å². The van der Waals surface area contributed by atoms with Crippen molar-refractivity contribution in [2.45, 2.75) is 0 Å². The van der Waals surface area contributed by atoms with Gasteiger partial charge in [-0.15, -0.1) is 0 Å². The van der Waals surface area contributed by atoms with E-state index in [1.165, 1.54) is 0 Å². The average Bonchev–Trinajstić information content (AvgIpc) is 2.72. The monoisotopic (exact) mass is 219 g/mol. The van der Waals surface area contributed by atoms with Crippen molar-refractivity contribution in [2.24, 2.45) is 0 Å². The van der Waals surface area contributed by atoms with Crippen molar-refractivity contribution in [1.82, 2.24) is 15.3 Å². The minimum atomic E-state index is -1.08. The normalized spacial score (nSPS) is 10.2. The number of hydrogen-bond donors (Lipinski definition) is 3. The van der Waals surface area contributed by atoms with Crippen LogP contribution in [-0.4, -0.2) is 33.5 Å². The van der Waals surface area contributed by atoms with Crippen LogP contribution in [-0.2, 0) is 4.79 Å². The van der Waals surface area contributed by atoms with Crippen molar-refractivity contribution in [3.05, 3.63) is 30.1 Å². The van der Waals surface area contributed by atoms with Gasteiger partial charge in [0.2, 0.25) is 0 Å². The maximum atomic E-state index is 11.5. The van der Waals surface area contributed by atoms with Crippen molar-refractivity contribution >= 4 is 11.9 Å². The Hall–Kier alpha value is -2.37. The number of nitrogens with one attached hydrogen (secondary N) is 2. The molecule has 0 unspecified atom stereocenters. The molecule has 1 amide bonds. The quantitative estimate of drug-likeness (QED) is 0.693. The van der Waals surface area contributed by atoms with Crippen LogP contribution in [0.1, 0.15) is 10.5 Å². The lowest BCUT2D eigenvalue weighted by Gasteiger charge is -2.04. The minimum Gasteiger partial charge on any atom is -0.480 e. The fraction of sp³-hybridized carbons (Fsp3) is 0.100. The Balaban J connectivity index is 2.17. The molecule has 0 saturated carbocycles. The summed E-state index contributed by atoms with van der Waals surface area (Å²) >= 11 is 0. The largest absolute Gasteiger partial charge is 0.480 e. The molecule has 2 aliphatic rings. The van der Waals surface area contributed by atoms with Gasteiger partial charge in [0.05, 0.1) is 11.4 Å². The van der Waals surface area contributed by atoms with Crippen LogP contribution in [0.3, 0.4) is 0 Å². The second kappa shape index (κ2) is 4.01. The van der Waals surface area contributed by atoms with E-state index in [9.17, 15) is 9.59 Å². The third-order valence-electron chi connectivity index (χ3n) is 2.05. The van der Waals surface area contributed by atoms with Crippen molar-refractivity contribution in [1.29, 1.82) is 0 Å². The highest BCUT2D eigenvalue weighted by atomic mass is 16.4. The summed E-state index contributed by atoms with van der Waals surface area (Å²) < 4.78 is 0. The summed E-state index contributed by atoms with van der Waals surface area (Å²) in [7, 11) is 0. The van der Waals surface area contributed by atoms with Gasteiger partial charge in [0, 0.05) is 6.20 Å². The molecule has 6 nitrogen and oxygen atoms in total. The Morgan fingerprint density at radius 3 is 2.94 bits per heavy atom. The number of aliphatic carboxylic acids is 1. The van der Waals surface area contributed by atoms with Gasteiger partial charge in [-0.25, -0.2) is 0 Å². The first-order valence-corrected chi connectivity index (χ1v) is 4.60. The van der Waals surface area contributed by atoms with Crippen LogP contribution in [0, 0.1) is 0 Å². The van der Waals surface area contributed by atoms with Gasteiger partial charge in [0.1, 0.15) is 12.2 Å². The lowest BCUT2D eigenvalue weighted by atomic mass is 10.2. The SMILES string of the molecule is O=C(O)CNC(=O)c1ccc2nccc-2[nH]1. The zero-order valence-corrected chi connectivity index (χ0v) is 8.23. The number of H-pyrrole nitrogens is 1. The Kier molecular flexibility index (Phi) is 2.55. The zero-order chi connectivity index (χ0) is 11.5. The van der Waals surface area contributed by atoms with E-state index in [-0.39, 0.29) is 0 Å². The number of fused-ring (bicyclic) bond motifs is 1. The smallest absolute Gasteiger partial charge is 0.322 e. The molecule has 82 valence electrons. The Morgan fingerprint density at radius 2 is 2.19 bits per heavy atom. The van der Waals surface area contributed by atoms with Gasteiger partial charge in [0.15, 0.2) is 0 Å². The van der Waals surface area contributed by atoms with E-state index in [0.29, 0.717) is 5.69 Å². The van der Waals surface area contributed by atoms with Crippen LogP contribution in [0.15, 0.2) is 24.4 Å². The van der Waals surface area contributed by atoms with Crippen molar-refractivity contribution in [2.75, 3.05) is 6.54 Å². The highest BCUT2D eigenvalue weighted by Gasteiger charge is 2.10. The van der Waals surface area contributed by atoms with E-state index in [2.05, 4.69) is 15.3 Å². The summed E-state index contributed by atoms with van der Waals surface area (Å²) in [6, 6.07) is 5.00. The van der Waals surface area contributed by atoms with Crippen molar-refractivity contribution in [3.63, 3.8) is 0 Å². The van der Waals surface area contributed by atoms with Crippen LogP contribution < -0.4 is 5.32 Å². The number of rotatable bonds is 3. The van der Waals surface area contributed by atoms with Gasteiger partial charge in [-0.3, -0.25) is 14.6 Å². The standard InChI is InChI=1S/C10H9N3O3/c14-9(15)5-12-10(16)8-2-1-6-7(13-8)3-4-11-6/h1-4,13H,5H2,(H,12,16)(H,14,15). The predicted molar refractivity (Wildman–Crippen MR) is 55.2 cm³/mol. The number of carboxylic acids is 1. The van der Waals surface area contributed by atoms with E-state index in [1.54, 1.807) is 24.4 Å². The van der Waals surface area contributed by atoms with Gasteiger partial charge in [-0.05, 0) is 18.2 Å². The van der Waals surface area contributed by atoms with Crippen LogP contribution in [0.25, 0.3) is 11.4 Å². The summed E-state index contributed by atoms with van der Waals surface area (Å²) in [4.78, 5) is 28.7. The first-order chi connectivity index (χ1) is 7.66. The molecule has 0 bridgehead atoms. The maximum absolute atomic E-state index is 11.5. The Bertz CT molecular complexity index is 506. The lowest BCUT2D eigenvalue weighted by Crippen LogP contribution is -2.29. The third-order valence-corrected chi connectivity index (χ3v) is 2.05. The number of aromatic amines is 1. The lowest BCUT2D eigenvalue weighted by molar-refractivity contribution is -0.135. The zero-order valence-electron chi connectivity index (χ0n) is 8.23. The van der Waals surface area contributed by atoms with E-state index in [4.69, 9.17) is 5.11 Å². The summed E-state index contributed by atoms with van der Waals surface area (Å²) in [5.41, 5.74) is 1.81. The Morgan fingerprint density at radius 1 is 1.38 bits per heavy atom. The van der Waals surface area contributed by atoms with Gasteiger partial charge in [-0.2, -0.15) is 0 Å². The molecule has 0 saturated heterocycles. The molecule has 2 rings (SSSR count). The molecule has 0 fully saturated rings. The number of hydrogen-bond acceptors (Lipinski definition) is 3. The number of carbonyl (C=O) groups excluding carboxylic acids is 1. The molecule has 0 spiro atoms. The highest BCUT2D eigenvalue weighted by molar-refractivity contribution is 5.94. The van der Waals surface area contributed by atoms with Gasteiger partial charge < -0.3 is 15.4 Å². The summed E-state index contributed by atoms with van der Waals surface area (Å²) in [5, 5.41) is 10.7. The van der Waals surface area contributed by atoms with E-state index in [0.717, 1.165) is 11.4 Å². The molecule has 0 aromatic rings. The minimum absolute atomic E-state index is 0.307.